The zero-order chi connectivity index (χ0) is 25.1. The maximum atomic E-state index is 12.4. The molecule has 1 aromatic rings. The van der Waals surface area contributed by atoms with E-state index in [1.165, 1.54) is 30.5 Å². The molecule has 1 fully saturated rings. The molecule has 1 aromatic carbocycles. The summed E-state index contributed by atoms with van der Waals surface area (Å²) in [4.78, 5) is 12.4. The summed E-state index contributed by atoms with van der Waals surface area (Å²) in [7, 11) is 0. The lowest BCUT2D eigenvalue weighted by Gasteiger charge is -2.42. The van der Waals surface area contributed by atoms with Gasteiger partial charge in [-0.15, -0.1) is 0 Å². The Hall–Kier alpha value is -2.77. The highest BCUT2D eigenvalue weighted by atomic mass is 16.8. The number of hydrogen-bond donors (Lipinski definition) is 6. The predicted octanol–water partition coefficient (Wildman–Crippen LogP) is -0.832. The number of benzene rings is 1. The molecule has 2 aliphatic heterocycles. The topological polar surface area (TPSA) is 175 Å². The van der Waals surface area contributed by atoms with Gasteiger partial charge in [-0.1, -0.05) is 12.1 Å². The molecule has 0 radical (unpaired) electrons. The fourth-order valence-corrected chi connectivity index (χ4v) is 4.39. The zero-order valence-electron chi connectivity index (χ0n) is 18.5. The van der Waals surface area contributed by atoms with Crippen molar-refractivity contribution in [3.63, 3.8) is 0 Å². The average Bonchev–Trinajstić information content (AvgIpc) is 3.22. The number of phenols is 1. The Labute approximate surface area is 200 Å². The van der Waals surface area contributed by atoms with Gasteiger partial charge in [-0.05, 0) is 41.5 Å². The third kappa shape index (κ3) is 5.41. The first-order chi connectivity index (χ1) is 16.8. The maximum Gasteiger partial charge on any atom is 0.331 e. The quantitative estimate of drug-likeness (QED) is 0.159. The molecule has 0 bridgehead atoms. The summed E-state index contributed by atoms with van der Waals surface area (Å²) in [5.74, 6) is -1.57. The second kappa shape index (κ2) is 10.9. The molecule has 0 amide bonds. The van der Waals surface area contributed by atoms with Crippen LogP contribution in [0.25, 0.3) is 6.08 Å². The van der Waals surface area contributed by atoms with Crippen molar-refractivity contribution in [2.45, 2.75) is 43.1 Å². The van der Waals surface area contributed by atoms with Crippen molar-refractivity contribution in [3.05, 3.63) is 59.9 Å². The van der Waals surface area contributed by atoms with Crippen LogP contribution in [0.3, 0.4) is 0 Å². The van der Waals surface area contributed by atoms with Gasteiger partial charge in [0.1, 0.15) is 36.3 Å². The summed E-state index contributed by atoms with van der Waals surface area (Å²) < 4.78 is 22.3. The van der Waals surface area contributed by atoms with Gasteiger partial charge in [0.05, 0.1) is 25.4 Å². The molecule has 35 heavy (non-hydrogen) atoms. The Balaban J connectivity index is 1.44. The molecule has 9 unspecified atom stereocenters. The molecule has 11 heteroatoms. The lowest BCUT2D eigenvalue weighted by Crippen LogP contribution is -2.60. The van der Waals surface area contributed by atoms with Gasteiger partial charge in [-0.3, -0.25) is 0 Å². The van der Waals surface area contributed by atoms with Crippen molar-refractivity contribution < 1.29 is 54.4 Å². The van der Waals surface area contributed by atoms with E-state index in [0.29, 0.717) is 11.1 Å². The fraction of sp³-hybridized carbons (Fsp3) is 0.458. The van der Waals surface area contributed by atoms with Crippen LogP contribution >= 0.6 is 0 Å². The first kappa shape index (κ1) is 25.3. The number of fused-ring (bicyclic) bond motifs is 1. The minimum Gasteiger partial charge on any atom is -0.508 e. The molecule has 4 rings (SSSR count). The van der Waals surface area contributed by atoms with E-state index in [9.17, 15) is 35.4 Å². The molecule has 9 atom stereocenters. The molecular formula is C24H28O11. The van der Waals surface area contributed by atoms with E-state index in [1.54, 1.807) is 24.3 Å². The molecule has 1 aliphatic carbocycles. The van der Waals surface area contributed by atoms with Crippen LogP contribution in [0.5, 0.6) is 5.75 Å². The molecule has 0 aromatic heterocycles. The van der Waals surface area contributed by atoms with Gasteiger partial charge in [0.15, 0.2) is 6.29 Å². The Morgan fingerprint density at radius 1 is 1.03 bits per heavy atom. The van der Waals surface area contributed by atoms with Gasteiger partial charge < -0.3 is 49.6 Å². The minimum absolute atomic E-state index is 0.107. The summed E-state index contributed by atoms with van der Waals surface area (Å²) in [5.41, 5.74) is 1.17. The van der Waals surface area contributed by atoms with Crippen molar-refractivity contribution in [3.8, 4) is 5.75 Å². The van der Waals surface area contributed by atoms with E-state index in [1.807, 2.05) is 0 Å². The fourth-order valence-electron chi connectivity index (χ4n) is 4.39. The van der Waals surface area contributed by atoms with Gasteiger partial charge in [0.2, 0.25) is 6.29 Å². The van der Waals surface area contributed by atoms with E-state index in [4.69, 9.17) is 18.9 Å². The van der Waals surface area contributed by atoms with Crippen LogP contribution in [0.1, 0.15) is 5.56 Å². The highest BCUT2D eigenvalue weighted by Crippen LogP contribution is 2.42. The van der Waals surface area contributed by atoms with E-state index < -0.39 is 67.5 Å². The third-order valence-corrected chi connectivity index (χ3v) is 6.26. The molecule has 2 heterocycles. The molecule has 11 nitrogen and oxygen atoms in total. The molecule has 3 aliphatic rings. The largest absolute Gasteiger partial charge is 0.508 e. The van der Waals surface area contributed by atoms with Gasteiger partial charge in [-0.2, -0.15) is 0 Å². The van der Waals surface area contributed by atoms with Crippen LogP contribution in [0.15, 0.2) is 54.3 Å². The van der Waals surface area contributed by atoms with Crippen molar-refractivity contribution in [1.82, 2.24) is 0 Å². The summed E-state index contributed by atoms with van der Waals surface area (Å²) >= 11 is 0. The summed E-state index contributed by atoms with van der Waals surface area (Å²) in [5, 5.41) is 58.9. The SMILES string of the molecule is O=C(C=Cc1ccc(O)cc1)OC1C=C(CO)C2C(OC3OC(CO)C(O)C(O)C3O)OC=CC12. The molecule has 0 saturated carbocycles. The second-order valence-electron chi connectivity index (χ2n) is 8.50. The first-order valence-corrected chi connectivity index (χ1v) is 11.1. The van der Waals surface area contributed by atoms with Gasteiger partial charge >= 0.3 is 5.97 Å². The Morgan fingerprint density at radius 2 is 1.77 bits per heavy atom. The van der Waals surface area contributed by atoms with Crippen molar-refractivity contribution >= 4 is 12.0 Å². The van der Waals surface area contributed by atoms with E-state index in [0.717, 1.165) is 0 Å². The number of ether oxygens (including phenoxy) is 4. The van der Waals surface area contributed by atoms with E-state index in [2.05, 4.69) is 0 Å². The summed E-state index contributed by atoms with van der Waals surface area (Å²) in [6.07, 6.45) is -1.79. The van der Waals surface area contributed by atoms with Gasteiger partial charge in [-0.25, -0.2) is 4.79 Å². The number of rotatable bonds is 7. The standard InChI is InChI=1S/C24H28O11/c25-10-13-9-16(33-18(28)6-3-12-1-4-14(27)5-2-12)15-7-8-32-23(19(13)15)35-24-22(31)21(30)20(29)17(11-26)34-24/h1-9,15-17,19-27,29-31H,10-11H2. The van der Waals surface area contributed by atoms with Gasteiger partial charge in [0, 0.05) is 12.0 Å². The zero-order valence-corrected chi connectivity index (χ0v) is 18.5. The van der Waals surface area contributed by atoms with Gasteiger partial charge in [0.25, 0.3) is 0 Å². The Kier molecular flexibility index (Phi) is 7.87. The monoisotopic (exact) mass is 492 g/mol. The average molecular weight is 492 g/mol. The molecule has 6 N–H and O–H groups in total. The van der Waals surface area contributed by atoms with Crippen LogP contribution < -0.4 is 0 Å². The number of carbonyl (C=O) groups excluding carboxylic acids is 1. The normalized spacial score (nSPS) is 36.5. The molecule has 0 spiro atoms. The number of aromatic hydroxyl groups is 1. The van der Waals surface area contributed by atoms with Crippen LogP contribution in [0.4, 0.5) is 0 Å². The maximum absolute atomic E-state index is 12.4. The van der Waals surface area contributed by atoms with Crippen LogP contribution in [0.2, 0.25) is 0 Å². The summed E-state index contributed by atoms with van der Waals surface area (Å²) in [6, 6.07) is 6.25. The molecular weight excluding hydrogens is 464 g/mol. The van der Waals surface area contributed by atoms with Crippen molar-refractivity contribution in [2.75, 3.05) is 13.2 Å². The highest BCUT2D eigenvalue weighted by Gasteiger charge is 2.49. The number of hydrogen-bond acceptors (Lipinski definition) is 11. The number of carbonyl (C=O) groups is 1. The lowest BCUT2D eigenvalue weighted by molar-refractivity contribution is -0.339. The van der Waals surface area contributed by atoms with Crippen LogP contribution in [-0.4, -0.2) is 92.9 Å². The summed E-state index contributed by atoms with van der Waals surface area (Å²) in [6.45, 7) is -0.982. The third-order valence-electron chi connectivity index (χ3n) is 6.26. The van der Waals surface area contributed by atoms with E-state index in [-0.39, 0.29) is 12.4 Å². The number of aliphatic hydroxyl groups excluding tert-OH is 5. The number of aliphatic hydroxyl groups is 5. The van der Waals surface area contributed by atoms with E-state index >= 15 is 0 Å². The van der Waals surface area contributed by atoms with Crippen LogP contribution in [-0.2, 0) is 23.7 Å². The molecule has 1 saturated heterocycles. The minimum atomic E-state index is -1.62. The molecule has 190 valence electrons. The Morgan fingerprint density at radius 3 is 2.46 bits per heavy atom. The predicted molar refractivity (Wildman–Crippen MR) is 118 cm³/mol. The number of phenolic OH excluding ortho intramolecular Hbond substituents is 1. The Bertz CT molecular complexity index is 970. The lowest BCUT2D eigenvalue weighted by atomic mass is 9.88. The van der Waals surface area contributed by atoms with Crippen LogP contribution in [0, 0.1) is 11.8 Å². The first-order valence-electron chi connectivity index (χ1n) is 11.1. The smallest absolute Gasteiger partial charge is 0.331 e. The van der Waals surface area contributed by atoms with Crippen molar-refractivity contribution in [2.24, 2.45) is 11.8 Å². The van der Waals surface area contributed by atoms with Crippen molar-refractivity contribution in [1.29, 1.82) is 0 Å². The number of esters is 1. The second-order valence-corrected chi connectivity index (χ2v) is 8.50. The highest BCUT2D eigenvalue weighted by molar-refractivity contribution is 5.87.